The van der Waals surface area contributed by atoms with Gasteiger partial charge in [-0.25, -0.2) is 4.39 Å². The third-order valence-electron chi connectivity index (χ3n) is 2.85. The fourth-order valence-electron chi connectivity index (χ4n) is 1.73. The number of aromatic nitrogens is 1. The Hall–Kier alpha value is -1.94. The number of aliphatic hydroxyl groups is 1. The van der Waals surface area contributed by atoms with Crippen LogP contribution in [0.4, 0.5) is 4.39 Å². The lowest BCUT2D eigenvalue weighted by atomic mass is 10.1. The number of pyridine rings is 1. The number of rotatable bonds is 3. The molecule has 4 heteroatoms. The molecular weight excluding hydrogens is 245 g/mol. The van der Waals surface area contributed by atoms with Crippen LogP contribution in [0.2, 0.25) is 0 Å². The SMILES string of the molecule is Cc1ccc(Oc2cc(C)c(F)cc2[C@@H](C)O)cn1. The molecule has 2 rings (SSSR count). The second kappa shape index (κ2) is 5.36. The summed E-state index contributed by atoms with van der Waals surface area (Å²) in [6, 6.07) is 6.49. The molecule has 0 bridgehead atoms. The van der Waals surface area contributed by atoms with Crippen LogP contribution in [0.1, 0.15) is 29.8 Å². The van der Waals surface area contributed by atoms with Gasteiger partial charge >= 0.3 is 0 Å². The van der Waals surface area contributed by atoms with Gasteiger partial charge in [-0.3, -0.25) is 4.98 Å². The highest BCUT2D eigenvalue weighted by atomic mass is 19.1. The van der Waals surface area contributed by atoms with Gasteiger partial charge in [0, 0.05) is 11.3 Å². The van der Waals surface area contributed by atoms with Gasteiger partial charge in [0.1, 0.15) is 17.3 Å². The van der Waals surface area contributed by atoms with Gasteiger partial charge in [-0.1, -0.05) is 0 Å². The van der Waals surface area contributed by atoms with Crippen molar-refractivity contribution in [3.8, 4) is 11.5 Å². The minimum absolute atomic E-state index is 0.356. The summed E-state index contributed by atoms with van der Waals surface area (Å²) >= 11 is 0. The van der Waals surface area contributed by atoms with Crippen LogP contribution in [0.3, 0.4) is 0 Å². The molecule has 0 spiro atoms. The van der Waals surface area contributed by atoms with Gasteiger partial charge in [-0.2, -0.15) is 0 Å². The fourth-order valence-corrected chi connectivity index (χ4v) is 1.73. The molecule has 19 heavy (non-hydrogen) atoms. The highest BCUT2D eigenvalue weighted by molar-refractivity contribution is 5.42. The third kappa shape index (κ3) is 3.09. The normalized spacial score (nSPS) is 12.3. The standard InChI is InChI=1S/C15H16FNO2/c1-9-6-15(13(11(3)18)7-14(9)16)19-12-5-4-10(2)17-8-12/h4-8,11,18H,1-3H3/t11-/m1/s1. The van der Waals surface area contributed by atoms with Crippen molar-refractivity contribution in [1.29, 1.82) is 0 Å². The van der Waals surface area contributed by atoms with Crippen molar-refractivity contribution >= 4 is 0 Å². The number of aliphatic hydroxyl groups excluding tert-OH is 1. The second-order valence-corrected chi connectivity index (χ2v) is 4.55. The van der Waals surface area contributed by atoms with Crippen molar-refractivity contribution in [2.24, 2.45) is 0 Å². The van der Waals surface area contributed by atoms with E-state index >= 15 is 0 Å². The molecule has 0 unspecified atom stereocenters. The van der Waals surface area contributed by atoms with Crippen molar-refractivity contribution in [1.82, 2.24) is 4.98 Å². The molecule has 0 radical (unpaired) electrons. The Morgan fingerprint density at radius 2 is 2.00 bits per heavy atom. The van der Waals surface area contributed by atoms with Crippen molar-refractivity contribution < 1.29 is 14.2 Å². The Morgan fingerprint density at radius 1 is 1.26 bits per heavy atom. The van der Waals surface area contributed by atoms with Crippen LogP contribution in [-0.2, 0) is 0 Å². The summed E-state index contributed by atoms with van der Waals surface area (Å²) in [5.41, 5.74) is 1.78. The number of hydrogen-bond donors (Lipinski definition) is 1. The molecule has 0 aliphatic heterocycles. The van der Waals surface area contributed by atoms with Crippen molar-refractivity contribution in [2.75, 3.05) is 0 Å². The summed E-state index contributed by atoms with van der Waals surface area (Å²) in [5.74, 6) is 0.642. The summed E-state index contributed by atoms with van der Waals surface area (Å²) in [7, 11) is 0. The maximum atomic E-state index is 13.5. The topological polar surface area (TPSA) is 42.4 Å². The van der Waals surface area contributed by atoms with Gasteiger partial charge in [0.2, 0.25) is 0 Å². The quantitative estimate of drug-likeness (QED) is 0.916. The van der Waals surface area contributed by atoms with Gasteiger partial charge in [-0.15, -0.1) is 0 Å². The van der Waals surface area contributed by atoms with E-state index < -0.39 is 6.10 Å². The summed E-state index contributed by atoms with van der Waals surface area (Å²) in [6.07, 6.45) is 0.795. The highest BCUT2D eigenvalue weighted by Gasteiger charge is 2.13. The van der Waals surface area contributed by atoms with Gasteiger partial charge < -0.3 is 9.84 Å². The Kier molecular flexibility index (Phi) is 3.81. The number of hydrogen-bond acceptors (Lipinski definition) is 3. The Bertz CT molecular complexity index is 579. The molecule has 0 aliphatic carbocycles. The number of nitrogens with zero attached hydrogens (tertiary/aromatic N) is 1. The van der Waals surface area contributed by atoms with Gasteiger partial charge in [0.15, 0.2) is 0 Å². The molecule has 1 atom stereocenters. The third-order valence-corrected chi connectivity index (χ3v) is 2.85. The molecule has 0 saturated carbocycles. The van der Waals surface area contributed by atoms with E-state index in [4.69, 9.17) is 4.74 Å². The summed E-state index contributed by atoms with van der Waals surface area (Å²) in [5, 5.41) is 9.68. The monoisotopic (exact) mass is 261 g/mol. The summed E-state index contributed by atoms with van der Waals surface area (Å²) in [6.45, 7) is 5.11. The number of halogens is 1. The van der Waals surface area contributed by atoms with E-state index in [1.807, 2.05) is 13.0 Å². The summed E-state index contributed by atoms with van der Waals surface area (Å²) in [4.78, 5) is 4.13. The zero-order chi connectivity index (χ0) is 14.0. The van der Waals surface area contributed by atoms with Crippen LogP contribution in [0.5, 0.6) is 11.5 Å². The first-order chi connectivity index (χ1) is 8.97. The minimum atomic E-state index is -0.802. The second-order valence-electron chi connectivity index (χ2n) is 4.55. The minimum Gasteiger partial charge on any atom is -0.455 e. The van der Waals surface area contributed by atoms with E-state index in [0.717, 1.165) is 5.69 Å². The van der Waals surface area contributed by atoms with E-state index in [0.29, 0.717) is 22.6 Å². The van der Waals surface area contributed by atoms with Gasteiger partial charge in [-0.05, 0) is 50.6 Å². The van der Waals surface area contributed by atoms with Crippen LogP contribution in [0, 0.1) is 19.7 Å². The lowest BCUT2D eigenvalue weighted by molar-refractivity contribution is 0.195. The predicted octanol–water partition coefficient (Wildman–Crippen LogP) is 3.68. The Labute approximate surface area is 111 Å². The molecule has 0 aliphatic rings. The van der Waals surface area contributed by atoms with Crippen LogP contribution < -0.4 is 4.74 Å². The van der Waals surface area contributed by atoms with E-state index in [1.165, 1.54) is 6.07 Å². The molecule has 2 aromatic rings. The highest BCUT2D eigenvalue weighted by Crippen LogP contribution is 2.31. The van der Waals surface area contributed by atoms with E-state index in [2.05, 4.69) is 4.98 Å². The van der Waals surface area contributed by atoms with Crippen molar-refractivity contribution in [3.63, 3.8) is 0 Å². The smallest absolute Gasteiger partial charge is 0.145 e. The maximum absolute atomic E-state index is 13.5. The largest absolute Gasteiger partial charge is 0.455 e. The molecule has 1 N–H and O–H groups in total. The molecule has 0 fully saturated rings. The van der Waals surface area contributed by atoms with Crippen molar-refractivity contribution in [2.45, 2.75) is 26.9 Å². The first-order valence-electron chi connectivity index (χ1n) is 6.06. The molecule has 1 aromatic heterocycles. The van der Waals surface area contributed by atoms with Gasteiger partial charge in [0.05, 0.1) is 12.3 Å². The zero-order valence-corrected chi connectivity index (χ0v) is 11.1. The average Bonchev–Trinajstić information content (AvgIpc) is 2.36. The van der Waals surface area contributed by atoms with Crippen LogP contribution in [0.15, 0.2) is 30.5 Å². The molecule has 3 nitrogen and oxygen atoms in total. The maximum Gasteiger partial charge on any atom is 0.145 e. The lowest BCUT2D eigenvalue weighted by Gasteiger charge is -2.14. The first-order valence-corrected chi connectivity index (χ1v) is 6.06. The number of benzene rings is 1. The molecule has 100 valence electrons. The zero-order valence-electron chi connectivity index (χ0n) is 11.1. The predicted molar refractivity (Wildman–Crippen MR) is 70.8 cm³/mol. The lowest BCUT2D eigenvalue weighted by Crippen LogP contribution is -1.99. The number of ether oxygens (including phenoxy) is 1. The summed E-state index contributed by atoms with van der Waals surface area (Å²) < 4.78 is 19.2. The molecule has 0 amide bonds. The fraction of sp³-hybridized carbons (Fsp3) is 0.267. The molecular formula is C15H16FNO2. The molecule has 1 aromatic carbocycles. The van der Waals surface area contributed by atoms with E-state index in [1.54, 1.807) is 32.2 Å². The van der Waals surface area contributed by atoms with E-state index in [9.17, 15) is 9.50 Å². The number of aryl methyl sites for hydroxylation is 2. The average molecular weight is 261 g/mol. The van der Waals surface area contributed by atoms with E-state index in [-0.39, 0.29) is 5.82 Å². The Morgan fingerprint density at radius 3 is 2.58 bits per heavy atom. The molecule has 1 heterocycles. The van der Waals surface area contributed by atoms with Crippen LogP contribution in [0.25, 0.3) is 0 Å². The van der Waals surface area contributed by atoms with Crippen LogP contribution in [-0.4, -0.2) is 10.1 Å². The van der Waals surface area contributed by atoms with Crippen molar-refractivity contribution in [3.05, 3.63) is 53.1 Å². The Balaban J connectivity index is 2.38. The first kappa shape index (κ1) is 13.5. The van der Waals surface area contributed by atoms with Gasteiger partial charge in [0.25, 0.3) is 0 Å². The molecule has 0 saturated heterocycles. The van der Waals surface area contributed by atoms with Crippen LogP contribution >= 0.6 is 0 Å².